The number of hydrogen-bond donors (Lipinski definition) is 1. The van der Waals surface area contributed by atoms with E-state index in [1.165, 1.54) is 0 Å². The highest BCUT2D eigenvalue weighted by atomic mass is 15.3. The van der Waals surface area contributed by atoms with Crippen molar-refractivity contribution in [3.63, 3.8) is 0 Å². The third-order valence-electron chi connectivity index (χ3n) is 3.36. The summed E-state index contributed by atoms with van der Waals surface area (Å²) >= 11 is 0. The molecule has 4 nitrogen and oxygen atoms in total. The lowest BCUT2D eigenvalue weighted by atomic mass is 9.88. The average Bonchev–Trinajstić information content (AvgIpc) is 2.57. The maximum atomic E-state index is 6.11. The van der Waals surface area contributed by atoms with Crippen molar-refractivity contribution in [3.8, 4) is 0 Å². The van der Waals surface area contributed by atoms with E-state index in [4.69, 9.17) is 5.73 Å². The first-order valence-electron chi connectivity index (χ1n) is 5.62. The van der Waals surface area contributed by atoms with Gasteiger partial charge in [-0.1, -0.05) is 6.92 Å². The molecule has 0 unspecified atom stereocenters. The number of rotatable bonds is 4. The molecule has 1 aliphatic rings. The molecule has 0 spiro atoms. The number of imidazole rings is 1. The molecule has 1 aromatic rings. The lowest BCUT2D eigenvalue weighted by Crippen LogP contribution is -2.67. The quantitative estimate of drug-likeness (QED) is 0.789. The lowest BCUT2D eigenvalue weighted by molar-refractivity contribution is 0.0645. The highest BCUT2D eigenvalue weighted by Crippen LogP contribution is 2.20. The third kappa shape index (κ3) is 2.21. The fraction of sp³-hybridized carbons (Fsp3) is 0.727. The van der Waals surface area contributed by atoms with Crippen LogP contribution in [0.5, 0.6) is 0 Å². The minimum Gasteiger partial charge on any atom is -0.334 e. The molecule has 1 fully saturated rings. The van der Waals surface area contributed by atoms with Gasteiger partial charge in [-0.25, -0.2) is 4.98 Å². The fourth-order valence-electron chi connectivity index (χ4n) is 2.12. The Bertz CT molecular complexity index is 325. The molecule has 4 heteroatoms. The van der Waals surface area contributed by atoms with Crippen LogP contribution in [0.1, 0.15) is 19.2 Å². The molecule has 15 heavy (non-hydrogen) atoms. The van der Waals surface area contributed by atoms with E-state index < -0.39 is 0 Å². The first-order chi connectivity index (χ1) is 7.13. The third-order valence-corrected chi connectivity index (χ3v) is 3.36. The Balaban J connectivity index is 1.75. The minimum atomic E-state index is 0.0873. The predicted octanol–water partition coefficient (Wildman–Crippen LogP) is 0.615. The molecule has 1 saturated heterocycles. The summed E-state index contributed by atoms with van der Waals surface area (Å²) in [6, 6.07) is 0. The van der Waals surface area contributed by atoms with Crippen LogP contribution in [0.4, 0.5) is 0 Å². The molecule has 0 amide bonds. The van der Waals surface area contributed by atoms with Gasteiger partial charge in [-0.15, -0.1) is 0 Å². The first-order valence-corrected chi connectivity index (χ1v) is 5.62. The number of nitrogens with two attached hydrogens (primary N) is 1. The van der Waals surface area contributed by atoms with Crippen LogP contribution >= 0.6 is 0 Å². The van der Waals surface area contributed by atoms with Crippen LogP contribution in [0.15, 0.2) is 12.4 Å². The minimum absolute atomic E-state index is 0.0873. The Morgan fingerprint density at radius 1 is 1.47 bits per heavy atom. The van der Waals surface area contributed by atoms with Gasteiger partial charge in [-0.05, 0) is 13.3 Å². The van der Waals surface area contributed by atoms with Crippen LogP contribution in [-0.2, 0) is 6.54 Å². The van der Waals surface area contributed by atoms with Crippen molar-refractivity contribution in [1.29, 1.82) is 0 Å². The van der Waals surface area contributed by atoms with Gasteiger partial charge in [-0.3, -0.25) is 4.90 Å². The smallest absolute Gasteiger partial charge is 0.105 e. The summed E-state index contributed by atoms with van der Waals surface area (Å²) in [5.74, 6) is 1.09. The Kier molecular flexibility index (Phi) is 2.80. The Morgan fingerprint density at radius 3 is 2.73 bits per heavy atom. The van der Waals surface area contributed by atoms with Gasteiger partial charge in [0.1, 0.15) is 5.82 Å². The Labute approximate surface area is 91.1 Å². The van der Waals surface area contributed by atoms with Gasteiger partial charge >= 0.3 is 0 Å². The zero-order valence-electron chi connectivity index (χ0n) is 9.61. The van der Waals surface area contributed by atoms with Gasteiger partial charge in [0.25, 0.3) is 0 Å². The van der Waals surface area contributed by atoms with E-state index in [9.17, 15) is 0 Å². The number of nitrogens with zero attached hydrogens (tertiary/aromatic N) is 3. The molecular formula is C11H20N4. The molecule has 2 rings (SSSR count). The lowest BCUT2D eigenvalue weighted by Gasteiger charge is -2.47. The Morgan fingerprint density at radius 2 is 2.20 bits per heavy atom. The van der Waals surface area contributed by atoms with Crippen molar-refractivity contribution >= 4 is 0 Å². The zero-order chi connectivity index (χ0) is 10.9. The normalized spacial score (nSPS) is 20.2. The van der Waals surface area contributed by atoms with Crippen LogP contribution in [-0.4, -0.2) is 39.6 Å². The second-order valence-corrected chi connectivity index (χ2v) is 4.59. The van der Waals surface area contributed by atoms with Crippen LogP contribution in [0.25, 0.3) is 0 Å². The standard InChI is InChI=1S/C11H20N4/c1-3-11(12)8-14(9-11)6-7-15-5-4-13-10(15)2/h4-5H,3,6-9,12H2,1-2H3. The molecule has 84 valence electrons. The molecule has 0 atom stereocenters. The van der Waals surface area contributed by atoms with Gasteiger partial charge in [0.05, 0.1) is 0 Å². The van der Waals surface area contributed by atoms with Crippen LogP contribution < -0.4 is 5.73 Å². The Hall–Kier alpha value is -0.870. The summed E-state index contributed by atoms with van der Waals surface area (Å²) < 4.78 is 2.18. The van der Waals surface area contributed by atoms with Crippen molar-refractivity contribution in [3.05, 3.63) is 18.2 Å². The molecule has 2 heterocycles. The van der Waals surface area contributed by atoms with E-state index in [-0.39, 0.29) is 5.54 Å². The number of aryl methyl sites for hydroxylation is 1. The summed E-state index contributed by atoms with van der Waals surface area (Å²) in [6.45, 7) is 8.38. The molecule has 0 saturated carbocycles. The molecule has 1 aromatic heterocycles. The van der Waals surface area contributed by atoms with Crippen molar-refractivity contribution in [2.24, 2.45) is 5.73 Å². The fourth-order valence-corrected chi connectivity index (χ4v) is 2.12. The number of hydrogen-bond acceptors (Lipinski definition) is 3. The monoisotopic (exact) mass is 208 g/mol. The van der Waals surface area contributed by atoms with Crippen molar-refractivity contribution in [2.75, 3.05) is 19.6 Å². The van der Waals surface area contributed by atoms with Crippen LogP contribution in [0.2, 0.25) is 0 Å². The van der Waals surface area contributed by atoms with E-state index in [0.717, 1.165) is 38.4 Å². The molecule has 0 aliphatic carbocycles. The highest BCUT2D eigenvalue weighted by Gasteiger charge is 2.36. The van der Waals surface area contributed by atoms with E-state index in [1.807, 2.05) is 19.3 Å². The highest BCUT2D eigenvalue weighted by molar-refractivity contribution is 4.99. The van der Waals surface area contributed by atoms with E-state index in [1.54, 1.807) is 0 Å². The largest absolute Gasteiger partial charge is 0.334 e. The molecule has 1 aliphatic heterocycles. The van der Waals surface area contributed by atoms with Gasteiger partial charge in [0.2, 0.25) is 0 Å². The van der Waals surface area contributed by atoms with Gasteiger partial charge in [0, 0.05) is 44.1 Å². The second-order valence-electron chi connectivity index (χ2n) is 4.59. The number of likely N-dealkylation sites (tertiary alicyclic amines) is 1. The van der Waals surface area contributed by atoms with E-state index >= 15 is 0 Å². The van der Waals surface area contributed by atoms with Crippen molar-refractivity contribution in [2.45, 2.75) is 32.4 Å². The second kappa shape index (κ2) is 3.94. The van der Waals surface area contributed by atoms with E-state index in [0.29, 0.717) is 0 Å². The van der Waals surface area contributed by atoms with Crippen molar-refractivity contribution < 1.29 is 0 Å². The summed E-state index contributed by atoms with van der Waals surface area (Å²) in [6.07, 6.45) is 4.96. The number of aromatic nitrogens is 2. The van der Waals surface area contributed by atoms with E-state index in [2.05, 4.69) is 21.4 Å². The molecule has 2 N–H and O–H groups in total. The maximum absolute atomic E-state index is 6.11. The summed E-state index contributed by atoms with van der Waals surface area (Å²) in [4.78, 5) is 6.61. The summed E-state index contributed by atoms with van der Waals surface area (Å²) in [5, 5.41) is 0. The van der Waals surface area contributed by atoms with Crippen LogP contribution in [0.3, 0.4) is 0 Å². The molecule has 0 bridgehead atoms. The van der Waals surface area contributed by atoms with Gasteiger partial charge in [0.15, 0.2) is 0 Å². The van der Waals surface area contributed by atoms with Gasteiger partial charge < -0.3 is 10.3 Å². The summed E-state index contributed by atoms with van der Waals surface area (Å²) in [7, 11) is 0. The molecular weight excluding hydrogens is 188 g/mol. The summed E-state index contributed by atoms with van der Waals surface area (Å²) in [5.41, 5.74) is 6.20. The van der Waals surface area contributed by atoms with Crippen LogP contribution in [0, 0.1) is 6.92 Å². The maximum Gasteiger partial charge on any atom is 0.105 e. The zero-order valence-corrected chi connectivity index (χ0v) is 9.61. The topological polar surface area (TPSA) is 47.1 Å². The SMILES string of the molecule is CCC1(N)CN(CCn2ccnc2C)C1. The average molecular weight is 208 g/mol. The predicted molar refractivity (Wildman–Crippen MR) is 60.6 cm³/mol. The first kappa shape index (κ1) is 10.6. The van der Waals surface area contributed by atoms with Crippen molar-refractivity contribution in [1.82, 2.24) is 14.5 Å². The molecule has 0 aromatic carbocycles. The van der Waals surface area contributed by atoms with Gasteiger partial charge in [-0.2, -0.15) is 0 Å². The molecule has 0 radical (unpaired) electrons.